The van der Waals surface area contributed by atoms with Crippen molar-refractivity contribution in [2.24, 2.45) is 22.6 Å². The summed E-state index contributed by atoms with van der Waals surface area (Å²) >= 11 is 0. The van der Waals surface area contributed by atoms with Crippen molar-refractivity contribution in [2.75, 3.05) is 117 Å². The fraction of sp³-hybridized carbons (Fsp3) is 0.533. The second kappa shape index (κ2) is 38.0. The van der Waals surface area contributed by atoms with Gasteiger partial charge in [-0.1, -0.05) is 61.5 Å². The maximum absolute atomic E-state index is 14.4. The maximum Gasteiger partial charge on any atom is 0.344 e. The van der Waals surface area contributed by atoms with Gasteiger partial charge in [0.2, 0.25) is 23.6 Å². The van der Waals surface area contributed by atoms with Gasteiger partial charge in [-0.25, -0.2) is 4.79 Å². The number of phenolic OH excluding ortho intramolecular Hbond substituents is 1. The number of hydrogen-bond donors (Lipinski definition) is 13. The normalized spacial score (nSPS) is 17.8. The molecule has 476 valence electrons. The number of carboxylic acids is 3. The van der Waals surface area contributed by atoms with Gasteiger partial charge in [-0.2, -0.15) is 4.99 Å². The summed E-state index contributed by atoms with van der Waals surface area (Å²) in [5.74, 6) is -4.92. The molecule has 0 bridgehead atoms. The molecule has 27 heteroatoms. The molecule has 6 amide bonds. The molecule has 3 aromatic carbocycles. The van der Waals surface area contributed by atoms with Crippen molar-refractivity contribution < 1.29 is 63.6 Å². The number of nitrogens with zero attached hydrogens (tertiary/aromatic N) is 5. The first-order valence-corrected chi connectivity index (χ1v) is 29.8. The minimum absolute atomic E-state index is 0.0125. The minimum Gasteiger partial charge on any atom is -0.508 e. The Kier molecular flexibility index (Phi) is 30.4. The summed E-state index contributed by atoms with van der Waals surface area (Å²) in [5.41, 5.74) is 8.87. The molecule has 0 radical (unpaired) electrons. The van der Waals surface area contributed by atoms with Gasteiger partial charge in [0.25, 0.3) is 0 Å². The Labute approximate surface area is 507 Å². The van der Waals surface area contributed by atoms with E-state index in [1.54, 1.807) is 33.8 Å². The summed E-state index contributed by atoms with van der Waals surface area (Å²) in [4.78, 5) is 124. The number of guanidine groups is 1. The third-order valence-electron chi connectivity index (χ3n) is 15.2. The summed E-state index contributed by atoms with van der Waals surface area (Å²) in [5, 5.41) is 62.2. The third-order valence-corrected chi connectivity index (χ3v) is 15.2. The standard InChI is InChI=1S/C60H88N14O13/c1-2-51(77)63-26-27-66-60(87)70-59(61)65-23-6-10-49(57(85)68-37-43-13-21-48(76)22-14-43)69-58(86)55(44-8-4-3-5-9-44)45-17-19-47(20-18-45)62-24-7-25-64-56(84)46-15-11-42(12-16-46)36-67-50(41-75)74-34-32-72(39-53(80)81)30-28-71(38-52(78)79)29-31-73(33-35-74)40-54(82)83/h3-5,8-9,13-14,17-22,41-42,46,49-50,55,62,67,76H,2,6-7,10-12,15-16,23-40H2,1H3,(H,63,77)(H,64,84)(H,68,85)(H,69,86)(H,78,79)(H,80,81)(H,82,83)(H4,61,65,66,70,87)/t42-,46-,49-,50?,55+/m1/s1. The van der Waals surface area contributed by atoms with E-state index in [4.69, 9.17) is 5.73 Å². The van der Waals surface area contributed by atoms with E-state index in [1.807, 2.05) is 59.5 Å². The average molecular weight is 1210 g/mol. The van der Waals surface area contributed by atoms with Crippen molar-refractivity contribution in [3.8, 4) is 5.75 Å². The van der Waals surface area contributed by atoms with Gasteiger partial charge >= 0.3 is 23.9 Å². The third kappa shape index (κ3) is 26.5. The summed E-state index contributed by atoms with van der Waals surface area (Å²) < 4.78 is 0. The van der Waals surface area contributed by atoms with Crippen LogP contribution in [0.25, 0.3) is 0 Å². The molecule has 1 unspecified atom stereocenters. The van der Waals surface area contributed by atoms with Crippen molar-refractivity contribution in [3.05, 3.63) is 95.6 Å². The van der Waals surface area contributed by atoms with E-state index in [2.05, 4.69) is 47.5 Å². The first-order chi connectivity index (χ1) is 41.9. The van der Waals surface area contributed by atoms with Crippen LogP contribution in [0.4, 0.5) is 10.5 Å². The molecule has 1 aliphatic heterocycles. The lowest BCUT2D eigenvalue weighted by atomic mass is 9.81. The Morgan fingerprint density at radius 1 is 0.632 bits per heavy atom. The number of urea groups is 1. The largest absolute Gasteiger partial charge is 0.508 e. The molecule has 1 aliphatic carbocycles. The van der Waals surface area contributed by atoms with Crippen molar-refractivity contribution in [1.82, 2.24) is 56.8 Å². The first-order valence-electron chi connectivity index (χ1n) is 29.8. The molecule has 87 heavy (non-hydrogen) atoms. The van der Waals surface area contributed by atoms with Crippen LogP contribution >= 0.6 is 0 Å². The van der Waals surface area contributed by atoms with Gasteiger partial charge in [-0.3, -0.25) is 58.5 Å². The van der Waals surface area contributed by atoms with E-state index in [9.17, 15) is 63.6 Å². The summed E-state index contributed by atoms with van der Waals surface area (Å²) in [6.45, 7) is 5.43. The molecule has 2 fully saturated rings. The molecule has 5 rings (SSSR count). The Hall–Kier alpha value is -8.24. The van der Waals surface area contributed by atoms with Crippen LogP contribution in [0.2, 0.25) is 0 Å². The number of nitrogens with two attached hydrogens (primary N) is 1. The average Bonchev–Trinajstić information content (AvgIpc) is 3.51. The predicted molar refractivity (Wildman–Crippen MR) is 325 cm³/mol. The van der Waals surface area contributed by atoms with Crippen molar-refractivity contribution >= 4 is 65.5 Å². The zero-order chi connectivity index (χ0) is 62.9. The number of anilines is 1. The number of carboxylic acid groups (broad SMARTS) is 3. The highest BCUT2D eigenvalue weighted by Crippen LogP contribution is 2.29. The number of amides is 6. The fourth-order valence-corrected chi connectivity index (χ4v) is 10.3. The second-order valence-corrected chi connectivity index (χ2v) is 21.7. The molecule has 14 N–H and O–H groups in total. The lowest BCUT2D eigenvalue weighted by Gasteiger charge is -2.36. The molecule has 1 saturated heterocycles. The number of phenols is 1. The SMILES string of the molecule is CCC(=O)NCCNC(=O)/N=C(/N)NCCC[C@@H](NC(=O)[C@@H](c1ccccc1)c1ccc(NCCCNC(=O)[C@H]2CC[C@H](CNC(C=O)N3CCN(CC(=O)O)CCN(CC(=O)O)CCN(CC(=O)O)CC3)CC2)cc1)C(=O)NCc1ccc(O)cc1. The number of aliphatic carboxylic acids is 3. The smallest absolute Gasteiger partial charge is 0.344 e. The highest BCUT2D eigenvalue weighted by molar-refractivity contribution is 5.93. The summed E-state index contributed by atoms with van der Waals surface area (Å²) in [6, 6.07) is 21.4. The molecule has 1 saturated carbocycles. The van der Waals surface area contributed by atoms with Crippen LogP contribution in [-0.4, -0.2) is 223 Å². The van der Waals surface area contributed by atoms with E-state index >= 15 is 0 Å². The molecule has 2 aliphatic rings. The fourth-order valence-electron chi connectivity index (χ4n) is 10.3. The summed E-state index contributed by atoms with van der Waals surface area (Å²) in [7, 11) is 0. The Balaban J connectivity index is 1.09. The van der Waals surface area contributed by atoms with Crippen molar-refractivity contribution in [2.45, 2.75) is 83.0 Å². The molecular formula is C60H88N14O13. The van der Waals surface area contributed by atoms with Crippen LogP contribution in [0.5, 0.6) is 5.75 Å². The van der Waals surface area contributed by atoms with Crippen LogP contribution in [0.1, 0.15) is 80.9 Å². The molecule has 3 aromatic rings. The molecule has 0 aromatic heterocycles. The minimum atomic E-state index is -1.04. The van der Waals surface area contributed by atoms with Crippen LogP contribution in [0.3, 0.4) is 0 Å². The van der Waals surface area contributed by atoms with Crippen LogP contribution in [-0.2, 0) is 44.9 Å². The number of nitrogens with one attached hydrogen (secondary N) is 8. The molecule has 1 heterocycles. The molecular weight excluding hydrogens is 1120 g/mol. The Morgan fingerprint density at radius 3 is 1.77 bits per heavy atom. The Bertz CT molecular complexity index is 2670. The number of hydrogen-bond acceptors (Lipinski definition) is 16. The van der Waals surface area contributed by atoms with E-state index in [0.29, 0.717) is 76.0 Å². The van der Waals surface area contributed by atoms with E-state index in [1.165, 1.54) is 12.1 Å². The van der Waals surface area contributed by atoms with Gasteiger partial charge < -0.3 is 68.2 Å². The van der Waals surface area contributed by atoms with Crippen LogP contribution in [0, 0.1) is 11.8 Å². The van der Waals surface area contributed by atoms with Gasteiger partial charge in [0.15, 0.2) is 12.2 Å². The topological polar surface area (TPSA) is 382 Å². The number of aromatic hydroxyl groups is 1. The summed E-state index contributed by atoms with van der Waals surface area (Å²) in [6.07, 6.45) is 4.46. The quantitative estimate of drug-likeness (QED) is 0.0176. The van der Waals surface area contributed by atoms with Gasteiger partial charge in [0.1, 0.15) is 18.0 Å². The highest BCUT2D eigenvalue weighted by atomic mass is 16.4. The van der Waals surface area contributed by atoms with Crippen LogP contribution < -0.4 is 48.3 Å². The van der Waals surface area contributed by atoms with E-state index < -0.39 is 53.9 Å². The zero-order valence-electron chi connectivity index (χ0n) is 49.6. The van der Waals surface area contributed by atoms with Crippen LogP contribution in [0.15, 0.2) is 83.9 Å². The first kappa shape index (κ1) is 69.5. The second-order valence-electron chi connectivity index (χ2n) is 21.7. The number of carbonyl (C=O) groups excluding carboxylic acids is 6. The molecule has 27 nitrogen and oxygen atoms in total. The maximum atomic E-state index is 14.4. The van der Waals surface area contributed by atoms with Gasteiger partial charge in [0.05, 0.1) is 25.6 Å². The van der Waals surface area contributed by atoms with Crippen molar-refractivity contribution in [3.63, 3.8) is 0 Å². The lowest BCUT2D eigenvalue weighted by Crippen LogP contribution is -2.54. The molecule has 3 atom stereocenters. The van der Waals surface area contributed by atoms with Gasteiger partial charge in [0, 0.05) is 110 Å². The highest BCUT2D eigenvalue weighted by Gasteiger charge is 2.30. The monoisotopic (exact) mass is 1210 g/mol. The van der Waals surface area contributed by atoms with Gasteiger partial charge in [-0.15, -0.1) is 0 Å². The van der Waals surface area contributed by atoms with Gasteiger partial charge in [-0.05, 0) is 98.4 Å². The number of aliphatic imine (C=N–C) groups is 1. The number of aldehydes is 1. The van der Waals surface area contributed by atoms with E-state index in [0.717, 1.165) is 30.4 Å². The number of carbonyl (C=O) groups is 9. The number of benzene rings is 3. The molecule has 0 spiro atoms. The number of rotatable bonds is 32. The van der Waals surface area contributed by atoms with E-state index in [-0.39, 0.29) is 127 Å². The van der Waals surface area contributed by atoms with Crippen molar-refractivity contribution in [1.29, 1.82) is 0 Å². The Morgan fingerprint density at radius 2 is 1.20 bits per heavy atom. The zero-order valence-corrected chi connectivity index (χ0v) is 49.6. The lowest BCUT2D eigenvalue weighted by molar-refractivity contribution is -0.140. The predicted octanol–water partition coefficient (Wildman–Crippen LogP) is 0.560.